The molecule has 2 aromatic carbocycles. The van der Waals surface area contributed by atoms with E-state index < -0.39 is 12.1 Å². The molecule has 2 rings (SSSR count). The molecule has 154 valence electrons. The van der Waals surface area contributed by atoms with Crippen molar-refractivity contribution in [3.05, 3.63) is 36.4 Å². The van der Waals surface area contributed by atoms with Crippen molar-refractivity contribution < 1.29 is 14.3 Å². The summed E-state index contributed by atoms with van der Waals surface area (Å²) in [6.07, 6.45) is 2.14. The minimum Gasteiger partial charge on any atom is -0.496 e. The van der Waals surface area contributed by atoms with E-state index in [9.17, 15) is 9.59 Å². The summed E-state index contributed by atoms with van der Waals surface area (Å²) in [4.78, 5) is 24.6. The summed E-state index contributed by atoms with van der Waals surface area (Å²) < 4.78 is 5.41. The van der Waals surface area contributed by atoms with Crippen molar-refractivity contribution in [2.75, 3.05) is 19.0 Å². The first kappa shape index (κ1) is 23.7. The van der Waals surface area contributed by atoms with Crippen LogP contribution in [-0.4, -0.2) is 37.6 Å². The summed E-state index contributed by atoms with van der Waals surface area (Å²) in [6, 6.07) is 10.0. The van der Waals surface area contributed by atoms with E-state index in [1.165, 1.54) is 0 Å². The molecule has 0 aliphatic heterocycles. The third-order valence-corrected chi connectivity index (χ3v) is 4.37. The zero-order valence-corrected chi connectivity index (χ0v) is 17.1. The lowest BCUT2D eigenvalue weighted by atomic mass is 10.1. The SMILES string of the molecule is COc1cc(NC(=O)C(C)NC(=O)C(N)CCCCN)cc2ccccc12.Cl. The van der Waals surface area contributed by atoms with E-state index in [1.807, 2.05) is 30.3 Å². The molecule has 0 fully saturated rings. The molecule has 0 aromatic heterocycles. The van der Waals surface area contributed by atoms with Crippen molar-refractivity contribution in [1.29, 1.82) is 0 Å². The number of benzene rings is 2. The number of methoxy groups -OCH3 is 1. The maximum absolute atomic E-state index is 12.4. The molecule has 7 nitrogen and oxygen atoms in total. The van der Waals surface area contributed by atoms with Gasteiger partial charge in [0, 0.05) is 17.1 Å². The number of nitrogens with one attached hydrogen (secondary N) is 2. The zero-order chi connectivity index (χ0) is 19.8. The minimum atomic E-state index is -0.712. The fourth-order valence-electron chi connectivity index (χ4n) is 2.79. The third kappa shape index (κ3) is 6.37. The number of hydrogen-bond donors (Lipinski definition) is 4. The normalized spacial score (nSPS) is 12.6. The lowest BCUT2D eigenvalue weighted by Crippen LogP contribution is -2.48. The van der Waals surface area contributed by atoms with Crippen LogP contribution in [0.4, 0.5) is 5.69 Å². The van der Waals surface area contributed by atoms with Gasteiger partial charge in [-0.25, -0.2) is 0 Å². The highest BCUT2D eigenvalue weighted by atomic mass is 35.5. The van der Waals surface area contributed by atoms with E-state index in [-0.39, 0.29) is 24.2 Å². The highest BCUT2D eigenvalue weighted by molar-refractivity contribution is 6.00. The first-order valence-corrected chi connectivity index (χ1v) is 9.10. The highest BCUT2D eigenvalue weighted by Crippen LogP contribution is 2.29. The minimum absolute atomic E-state index is 0. The molecule has 0 aliphatic rings. The summed E-state index contributed by atoms with van der Waals surface area (Å²) in [6.45, 7) is 2.19. The monoisotopic (exact) mass is 408 g/mol. The van der Waals surface area contributed by atoms with E-state index in [0.717, 1.165) is 23.6 Å². The number of fused-ring (bicyclic) bond motifs is 1. The largest absolute Gasteiger partial charge is 0.496 e. The lowest BCUT2D eigenvalue weighted by molar-refractivity contribution is -0.127. The van der Waals surface area contributed by atoms with Gasteiger partial charge in [-0.3, -0.25) is 9.59 Å². The number of hydrogen-bond acceptors (Lipinski definition) is 5. The number of anilines is 1. The standard InChI is InChI=1S/C20H28N4O3.ClH/c1-13(23-20(26)17(22)9-5-6-10-21)19(25)24-15-11-14-7-3-4-8-16(14)18(12-15)27-2;/h3-4,7-8,11-13,17H,5-6,9-10,21-22H2,1-2H3,(H,23,26)(H,24,25);1H. The Morgan fingerprint density at radius 2 is 1.86 bits per heavy atom. The molecule has 28 heavy (non-hydrogen) atoms. The number of amides is 2. The van der Waals surface area contributed by atoms with Gasteiger partial charge in [-0.2, -0.15) is 0 Å². The van der Waals surface area contributed by atoms with Crippen LogP contribution in [0.3, 0.4) is 0 Å². The molecule has 2 unspecified atom stereocenters. The summed E-state index contributed by atoms with van der Waals surface area (Å²) in [5.74, 6) is 0.00243. The van der Waals surface area contributed by atoms with Crippen LogP contribution in [0.25, 0.3) is 10.8 Å². The van der Waals surface area contributed by atoms with Crippen LogP contribution in [0.5, 0.6) is 5.75 Å². The number of carbonyl (C=O) groups excluding carboxylic acids is 2. The van der Waals surface area contributed by atoms with Crippen LogP contribution in [0.2, 0.25) is 0 Å². The molecule has 0 saturated heterocycles. The lowest BCUT2D eigenvalue weighted by Gasteiger charge is -2.18. The smallest absolute Gasteiger partial charge is 0.246 e. The van der Waals surface area contributed by atoms with Gasteiger partial charge in [0.05, 0.1) is 13.2 Å². The van der Waals surface area contributed by atoms with E-state index in [4.69, 9.17) is 16.2 Å². The fourth-order valence-corrected chi connectivity index (χ4v) is 2.79. The Morgan fingerprint density at radius 3 is 2.54 bits per heavy atom. The van der Waals surface area contributed by atoms with Gasteiger partial charge in [0.25, 0.3) is 0 Å². The maximum atomic E-state index is 12.4. The summed E-state index contributed by atoms with van der Waals surface area (Å²) in [5, 5.41) is 7.38. The molecule has 2 aromatic rings. The average Bonchev–Trinajstić information content (AvgIpc) is 2.67. The van der Waals surface area contributed by atoms with Crippen molar-refractivity contribution in [2.45, 2.75) is 38.3 Å². The first-order chi connectivity index (χ1) is 13.0. The Kier molecular flexibility index (Phi) is 9.72. The number of rotatable bonds is 9. The number of carbonyl (C=O) groups is 2. The Bertz CT molecular complexity index is 800. The van der Waals surface area contributed by atoms with Gasteiger partial charge >= 0.3 is 0 Å². The molecule has 0 aliphatic carbocycles. The molecule has 2 atom stereocenters. The molecule has 2 amide bonds. The van der Waals surface area contributed by atoms with Crippen molar-refractivity contribution in [3.8, 4) is 5.75 Å². The number of nitrogens with two attached hydrogens (primary N) is 2. The predicted molar refractivity (Wildman–Crippen MR) is 115 cm³/mol. The molecule has 0 heterocycles. The molecule has 8 heteroatoms. The first-order valence-electron chi connectivity index (χ1n) is 9.10. The molecule has 0 saturated carbocycles. The quantitative estimate of drug-likeness (QED) is 0.474. The summed E-state index contributed by atoms with van der Waals surface area (Å²) >= 11 is 0. The van der Waals surface area contributed by atoms with E-state index in [2.05, 4.69) is 10.6 Å². The summed E-state index contributed by atoms with van der Waals surface area (Å²) in [5.41, 5.74) is 11.9. The predicted octanol–water partition coefficient (Wildman–Crippen LogP) is 2.17. The van der Waals surface area contributed by atoms with Crippen LogP contribution < -0.4 is 26.8 Å². The van der Waals surface area contributed by atoms with Gasteiger partial charge in [0.2, 0.25) is 11.8 Å². The van der Waals surface area contributed by atoms with Crippen LogP contribution in [-0.2, 0) is 9.59 Å². The van der Waals surface area contributed by atoms with Crippen LogP contribution >= 0.6 is 12.4 Å². The van der Waals surface area contributed by atoms with Crippen LogP contribution in [0.1, 0.15) is 26.2 Å². The molecule has 0 bridgehead atoms. The molecular formula is C20H29ClN4O3. The van der Waals surface area contributed by atoms with Gasteiger partial charge in [-0.05, 0) is 37.8 Å². The van der Waals surface area contributed by atoms with Gasteiger partial charge < -0.3 is 26.8 Å². The Morgan fingerprint density at radius 1 is 1.14 bits per heavy atom. The maximum Gasteiger partial charge on any atom is 0.246 e. The highest BCUT2D eigenvalue weighted by Gasteiger charge is 2.20. The van der Waals surface area contributed by atoms with Crippen molar-refractivity contribution in [2.24, 2.45) is 11.5 Å². The van der Waals surface area contributed by atoms with Crippen molar-refractivity contribution >= 4 is 40.7 Å². The van der Waals surface area contributed by atoms with E-state index >= 15 is 0 Å². The average molecular weight is 409 g/mol. The van der Waals surface area contributed by atoms with E-state index in [0.29, 0.717) is 24.4 Å². The summed E-state index contributed by atoms with van der Waals surface area (Å²) in [7, 11) is 1.59. The molecule has 0 radical (unpaired) electrons. The van der Waals surface area contributed by atoms with Crippen molar-refractivity contribution in [3.63, 3.8) is 0 Å². The number of halogens is 1. The second-order valence-corrected chi connectivity index (χ2v) is 6.51. The molecular weight excluding hydrogens is 380 g/mol. The van der Waals surface area contributed by atoms with Gasteiger partial charge in [0.1, 0.15) is 11.8 Å². The number of ether oxygens (including phenoxy) is 1. The van der Waals surface area contributed by atoms with E-state index in [1.54, 1.807) is 20.1 Å². The van der Waals surface area contributed by atoms with Gasteiger partial charge in [0.15, 0.2) is 0 Å². The Labute approximate surface area is 171 Å². The van der Waals surface area contributed by atoms with Crippen LogP contribution in [0.15, 0.2) is 36.4 Å². The van der Waals surface area contributed by atoms with Gasteiger partial charge in [-0.15, -0.1) is 12.4 Å². The molecule has 0 spiro atoms. The number of unbranched alkanes of at least 4 members (excludes halogenated alkanes) is 1. The Balaban J connectivity index is 0.00000392. The fraction of sp³-hybridized carbons (Fsp3) is 0.400. The third-order valence-electron chi connectivity index (χ3n) is 4.37. The van der Waals surface area contributed by atoms with Crippen LogP contribution in [0, 0.1) is 0 Å². The topological polar surface area (TPSA) is 119 Å². The Hall–Kier alpha value is -2.35. The van der Waals surface area contributed by atoms with Gasteiger partial charge in [-0.1, -0.05) is 30.7 Å². The van der Waals surface area contributed by atoms with Crippen molar-refractivity contribution in [1.82, 2.24) is 5.32 Å². The molecule has 6 N–H and O–H groups in total. The zero-order valence-electron chi connectivity index (χ0n) is 16.2. The second-order valence-electron chi connectivity index (χ2n) is 6.51. The second kappa shape index (κ2) is 11.5.